The molecule has 2 heterocycles. The third kappa shape index (κ3) is 2.44. The smallest absolute Gasteiger partial charge is 0.0915 e. The number of hydrogen-bond donors (Lipinski definition) is 0. The zero-order chi connectivity index (χ0) is 13.5. The second-order valence-electron chi connectivity index (χ2n) is 6.84. The number of ether oxygens (including phenoxy) is 2. The van der Waals surface area contributed by atoms with Crippen LogP contribution in [0.5, 0.6) is 0 Å². The summed E-state index contributed by atoms with van der Waals surface area (Å²) in [6, 6.07) is 8.46. The van der Waals surface area contributed by atoms with Crippen molar-refractivity contribution in [3.8, 4) is 0 Å². The Bertz CT molecular complexity index is 458. The van der Waals surface area contributed by atoms with Gasteiger partial charge in [-0.1, -0.05) is 31.2 Å². The van der Waals surface area contributed by atoms with E-state index in [1.165, 1.54) is 17.5 Å². The van der Waals surface area contributed by atoms with Crippen molar-refractivity contribution < 1.29 is 9.47 Å². The quantitative estimate of drug-likeness (QED) is 0.821. The fraction of sp³-hybridized carbons (Fsp3) is 0.647. The van der Waals surface area contributed by atoms with Gasteiger partial charge < -0.3 is 9.47 Å². The summed E-state index contributed by atoms with van der Waals surface area (Å²) in [6.07, 6.45) is 3.77. The van der Waals surface area contributed by atoms with Gasteiger partial charge in [-0.05, 0) is 49.7 Å². The Balaban J connectivity index is 1.69. The predicted octanol–water partition coefficient (Wildman–Crippen LogP) is 3.86. The highest BCUT2D eigenvalue weighted by atomic mass is 16.6. The molecule has 2 nitrogen and oxygen atoms in total. The summed E-state index contributed by atoms with van der Waals surface area (Å²) in [6.45, 7) is 8.29. The molecule has 0 spiro atoms. The van der Waals surface area contributed by atoms with Crippen LogP contribution in [0.15, 0.2) is 24.3 Å². The summed E-state index contributed by atoms with van der Waals surface area (Å²) < 4.78 is 12.3. The van der Waals surface area contributed by atoms with Gasteiger partial charge in [-0.25, -0.2) is 0 Å². The van der Waals surface area contributed by atoms with Crippen LogP contribution in [0.1, 0.15) is 44.2 Å². The third-order valence-corrected chi connectivity index (χ3v) is 5.04. The fourth-order valence-electron chi connectivity index (χ4n) is 3.31. The number of benzene rings is 1. The summed E-state index contributed by atoms with van der Waals surface area (Å²) in [5, 5.41) is 0. The lowest BCUT2D eigenvalue weighted by molar-refractivity contribution is -0.243. The molecule has 3 fully saturated rings. The number of aryl methyl sites for hydroxylation is 1. The second-order valence-corrected chi connectivity index (χ2v) is 6.84. The molecule has 0 N–H and O–H groups in total. The third-order valence-electron chi connectivity index (χ3n) is 5.04. The maximum atomic E-state index is 6.23. The first-order valence-electron chi connectivity index (χ1n) is 7.31. The normalized spacial score (nSPS) is 37.5. The molecule has 1 saturated carbocycles. The van der Waals surface area contributed by atoms with Crippen LogP contribution in [-0.4, -0.2) is 18.3 Å². The lowest BCUT2D eigenvalue weighted by atomic mass is 9.66. The van der Waals surface area contributed by atoms with Gasteiger partial charge in [-0.15, -0.1) is 0 Å². The van der Waals surface area contributed by atoms with Crippen molar-refractivity contribution in [2.75, 3.05) is 6.61 Å². The van der Waals surface area contributed by atoms with Gasteiger partial charge in [-0.2, -0.15) is 0 Å². The highest BCUT2D eigenvalue weighted by Crippen LogP contribution is 2.49. The van der Waals surface area contributed by atoms with Crippen LogP contribution in [0.25, 0.3) is 0 Å². The molecule has 3 unspecified atom stereocenters. The van der Waals surface area contributed by atoms with Crippen LogP contribution in [-0.2, 0) is 16.1 Å². The summed E-state index contributed by atoms with van der Waals surface area (Å²) in [5.74, 6) is 0. The van der Waals surface area contributed by atoms with E-state index in [-0.39, 0.29) is 11.7 Å². The van der Waals surface area contributed by atoms with Gasteiger partial charge in [-0.3, -0.25) is 0 Å². The highest BCUT2D eigenvalue weighted by molar-refractivity contribution is 5.24. The first-order chi connectivity index (χ1) is 9.01. The average molecular weight is 260 g/mol. The van der Waals surface area contributed by atoms with Gasteiger partial charge in [0.25, 0.3) is 0 Å². The Hall–Kier alpha value is -0.860. The zero-order valence-electron chi connectivity index (χ0n) is 12.2. The molecule has 1 aliphatic carbocycles. The molecule has 3 atom stereocenters. The molecule has 1 aromatic carbocycles. The molecular formula is C17H24O2. The van der Waals surface area contributed by atoms with Crippen molar-refractivity contribution in [2.45, 2.75) is 58.3 Å². The van der Waals surface area contributed by atoms with Crippen LogP contribution in [0.2, 0.25) is 0 Å². The highest BCUT2D eigenvalue weighted by Gasteiger charge is 2.51. The first kappa shape index (κ1) is 13.1. The molecule has 3 aliphatic rings. The Morgan fingerprint density at radius 1 is 1.26 bits per heavy atom. The maximum absolute atomic E-state index is 6.23. The van der Waals surface area contributed by atoms with Crippen LogP contribution in [0.4, 0.5) is 0 Å². The maximum Gasteiger partial charge on any atom is 0.0915 e. The molecule has 0 amide bonds. The van der Waals surface area contributed by atoms with Crippen molar-refractivity contribution in [3.05, 3.63) is 35.4 Å². The van der Waals surface area contributed by atoms with Crippen LogP contribution < -0.4 is 0 Å². The number of hydrogen-bond acceptors (Lipinski definition) is 2. The molecule has 2 bridgehead atoms. The van der Waals surface area contributed by atoms with Gasteiger partial charge in [0.15, 0.2) is 0 Å². The Labute approximate surface area is 116 Å². The molecule has 4 rings (SSSR count). The first-order valence-corrected chi connectivity index (χ1v) is 7.31. The summed E-state index contributed by atoms with van der Waals surface area (Å²) in [4.78, 5) is 0. The van der Waals surface area contributed by atoms with Crippen molar-refractivity contribution in [1.82, 2.24) is 0 Å². The van der Waals surface area contributed by atoms with Crippen LogP contribution >= 0.6 is 0 Å². The van der Waals surface area contributed by atoms with Crippen molar-refractivity contribution in [3.63, 3.8) is 0 Å². The lowest BCUT2D eigenvalue weighted by Gasteiger charge is -2.54. The summed E-state index contributed by atoms with van der Waals surface area (Å²) in [7, 11) is 0. The standard InChI is InChI=1S/C17H24O2/c1-13-6-4-5-7-14(13)11-18-15-10-16(2)8-9-17(15,3)19-12-16/h4-7,15H,8-12H2,1-3H3. The lowest BCUT2D eigenvalue weighted by Crippen LogP contribution is -2.58. The molecule has 2 saturated heterocycles. The summed E-state index contributed by atoms with van der Waals surface area (Å²) >= 11 is 0. The second kappa shape index (κ2) is 4.60. The molecule has 2 aliphatic heterocycles. The van der Waals surface area contributed by atoms with E-state index in [2.05, 4.69) is 45.0 Å². The van der Waals surface area contributed by atoms with E-state index >= 15 is 0 Å². The SMILES string of the molecule is Cc1ccccc1COC1CC2(C)CCC1(C)OC2. The molecule has 0 aromatic heterocycles. The molecule has 2 heteroatoms. The minimum atomic E-state index is -0.0690. The minimum absolute atomic E-state index is 0.0690. The molecule has 0 radical (unpaired) electrons. The Morgan fingerprint density at radius 2 is 2.05 bits per heavy atom. The van der Waals surface area contributed by atoms with Gasteiger partial charge in [0, 0.05) is 0 Å². The average Bonchev–Trinajstić information content (AvgIpc) is 2.40. The van der Waals surface area contributed by atoms with Gasteiger partial charge >= 0.3 is 0 Å². The monoisotopic (exact) mass is 260 g/mol. The van der Waals surface area contributed by atoms with Gasteiger partial charge in [0.2, 0.25) is 0 Å². The topological polar surface area (TPSA) is 18.5 Å². The number of fused-ring (bicyclic) bond motifs is 3. The van der Waals surface area contributed by atoms with Crippen molar-refractivity contribution in [1.29, 1.82) is 0 Å². The van der Waals surface area contributed by atoms with E-state index in [0.717, 1.165) is 19.4 Å². The van der Waals surface area contributed by atoms with Gasteiger partial charge in [0.05, 0.1) is 24.9 Å². The summed E-state index contributed by atoms with van der Waals surface area (Å²) in [5.41, 5.74) is 2.85. The molecular weight excluding hydrogens is 236 g/mol. The molecule has 1 aromatic rings. The Morgan fingerprint density at radius 3 is 2.74 bits per heavy atom. The van der Waals surface area contributed by atoms with E-state index in [9.17, 15) is 0 Å². The predicted molar refractivity (Wildman–Crippen MR) is 76.1 cm³/mol. The largest absolute Gasteiger partial charge is 0.372 e. The van der Waals surface area contributed by atoms with Crippen LogP contribution in [0, 0.1) is 12.3 Å². The van der Waals surface area contributed by atoms with Crippen LogP contribution in [0.3, 0.4) is 0 Å². The van der Waals surface area contributed by atoms with E-state index in [1.807, 2.05) is 0 Å². The molecule has 19 heavy (non-hydrogen) atoms. The van der Waals surface area contributed by atoms with E-state index < -0.39 is 0 Å². The zero-order valence-corrected chi connectivity index (χ0v) is 12.2. The van der Waals surface area contributed by atoms with E-state index in [4.69, 9.17) is 9.47 Å². The van der Waals surface area contributed by atoms with E-state index in [0.29, 0.717) is 12.0 Å². The molecule has 104 valence electrons. The Kier molecular flexibility index (Phi) is 3.18. The number of rotatable bonds is 3. The van der Waals surface area contributed by atoms with E-state index in [1.54, 1.807) is 0 Å². The fourth-order valence-corrected chi connectivity index (χ4v) is 3.31. The van der Waals surface area contributed by atoms with Crippen molar-refractivity contribution >= 4 is 0 Å². The minimum Gasteiger partial charge on any atom is -0.372 e. The van der Waals surface area contributed by atoms with Gasteiger partial charge in [0.1, 0.15) is 0 Å². The van der Waals surface area contributed by atoms with Crippen molar-refractivity contribution in [2.24, 2.45) is 5.41 Å².